The number of hydrogen-bond donors (Lipinski definition) is 2. The lowest BCUT2D eigenvalue weighted by Gasteiger charge is -2.32. The minimum atomic E-state index is -0.359. The quantitative estimate of drug-likeness (QED) is 0.565. The Morgan fingerprint density at radius 2 is 2.18 bits per heavy atom. The van der Waals surface area contributed by atoms with Crippen molar-refractivity contribution in [2.24, 2.45) is 5.84 Å². The van der Waals surface area contributed by atoms with E-state index >= 15 is 0 Å². The summed E-state index contributed by atoms with van der Waals surface area (Å²) in [6.07, 6.45) is 2.25. The lowest BCUT2D eigenvalue weighted by atomic mass is 9.96. The van der Waals surface area contributed by atoms with Crippen molar-refractivity contribution in [1.29, 1.82) is 0 Å². The van der Waals surface area contributed by atoms with Crippen LogP contribution in [0.15, 0.2) is 6.33 Å². The highest BCUT2D eigenvalue weighted by Crippen LogP contribution is 2.17. The zero-order chi connectivity index (χ0) is 13.1. The van der Waals surface area contributed by atoms with E-state index in [4.69, 9.17) is 10.6 Å². The lowest BCUT2D eigenvalue weighted by molar-refractivity contribution is -0.0109. The first-order valence-electron chi connectivity index (χ1n) is 5.82. The molecule has 1 heterocycles. The van der Waals surface area contributed by atoms with Gasteiger partial charge in [-0.05, 0) is 27.7 Å². The molecule has 0 saturated carbocycles. The minimum absolute atomic E-state index is 0.0193. The number of hydrogen-bond acceptors (Lipinski definition) is 5. The van der Waals surface area contributed by atoms with Crippen LogP contribution in [0.5, 0.6) is 0 Å². The van der Waals surface area contributed by atoms with E-state index in [-0.39, 0.29) is 17.7 Å². The van der Waals surface area contributed by atoms with Crippen molar-refractivity contribution >= 4 is 0 Å². The van der Waals surface area contributed by atoms with Crippen LogP contribution < -0.4 is 11.3 Å². The summed E-state index contributed by atoms with van der Waals surface area (Å²) in [7, 11) is 1.68. The van der Waals surface area contributed by atoms with Gasteiger partial charge in [-0.2, -0.15) is 5.10 Å². The molecule has 0 amide bonds. The Labute approximate surface area is 103 Å². The number of hydrazine groups is 1. The molecule has 0 aromatic carbocycles. The molecule has 1 aromatic heterocycles. The van der Waals surface area contributed by atoms with Gasteiger partial charge in [0.1, 0.15) is 12.2 Å². The van der Waals surface area contributed by atoms with E-state index in [1.54, 1.807) is 13.4 Å². The molecule has 0 saturated heterocycles. The molecule has 1 rings (SSSR count). The third-order valence-corrected chi connectivity index (χ3v) is 3.09. The van der Waals surface area contributed by atoms with E-state index < -0.39 is 0 Å². The van der Waals surface area contributed by atoms with Gasteiger partial charge in [-0.15, -0.1) is 0 Å². The molecule has 1 unspecified atom stereocenters. The molecule has 0 aliphatic rings. The van der Waals surface area contributed by atoms with E-state index in [0.29, 0.717) is 6.42 Å². The molecule has 0 fully saturated rings. The Balaban J connectivity index is 2.84. The first-order valence-corrected chi connectivity index (χ1v) is 5.82. The van der Waals surface area contributed by atoms with Gasteiger partial charge in [0.25, 0.3) is 0 Å². The first kappa shape index (κ1) is 14.1. The maximum Gasteiger partial charge on any atom is 0.138 e. The summed E-state index contributed by atoms with van der Waals surface area (Å²) in [5, 5.41) is 4.21. The van der Waals surface area contributed by atoms with Crippen LogP contribution in [0.4, 0.5) is 0 Å². The van der Waals surface area contributed by atoms with Crippen molar-refractivity contribution in [2.75, 3.05) is 7.11 Å². The zero-order valence-electron chi connectivity index (χ0n) is 11.3. The molecule has 3 N–H and O–H groups in total. The van der Waals surface area contributed by atoms with Crippen molar-refractivity contribution < 1.29 is 4.74 Å². The predicted molar refractivity (Wildman–Crippen MR) is 66.3 cm³/mol. The highest BCUT2D eigenvalue weighted by atomic mass is 16.5. The Morgan fingerprint density at radius 3 is 2.65 bits per heavy atom. The summed E-state index contributed by atoms with van der Waals surface area (Å²) in [5.41, 5.74) is 2.43. The summed E-state index contributed by atoms with van der Waals surface area (Å²) in [5.74, 6) is 6.50. The van der Waals surface area contributed by atoms with Gasteiger partial charge >= 0.3 is 0 Å². The van der Waals surface area contributed by atoms with Gasteiger partial charge in [0.05, 0.1) is 11.6 Å². The Morgan fingerprint density at radius 1 is 1.53 bits per heavy atom. The molecule has 6 heteroatoms. The van der Waals surface area contributed by atoms with Crippen LogP contribution >= 0.6 is 0 Å². The molecule has 98 valence electrons. The minimum Gasteiger partial charge on any atom is -0.377 e. The fourth-order valence-corrected chi connectivity index (χ4v) is 1.68. The van der Waals surface area contributed by atoms with Gasteiger partial charge in [0.2, 0.25) is 0 Å². The fraction of sp³-hybridized carbons (Fsp3) is 0.818. The second-order valence-corrected chi connectivity index (χ2v) is 4.95. The predicted octanol–water partition coefficient (Wildman–Crippen LogP) is 0.658. The molecule has 0 aliphatic carbocycles. The molecule has 1 aromatic rings. The van der Waals surface area contributed by atoms with Gasteiger partial charge < -0.3 is 4.74 Å². The van der Waals surface area contributed by atoms with Crippen molar-refractivity contribution in [3.63, 3.8) is 0 Å². The van der Waals surface area contributed by atoms with Crippen LogP contribution in [0.2, 0.25) is 0 Å². The molecular formula is C11H23N5O. The maximum atomic E-state index is 5.59. The normalized spacial score (nSPS) is 14.3. The standard InChI is InChI=1S/C11H23N5O/c1-8(2)16-10(13-7-14-16)6-9(15-12)11(3,4)17-5/h7-9,15H,6,12H2,1-5H3. The maximum absolute atomic E-state index is 5.59. The molecule has 6 nitrogen and oxygen atoms in total. The monoisotopic (exact) mass is 241 g/mol. The van der Waals surface area contributed by atoms with Gasteiger partial charge in [0.15, 0.2) is 0 Å². The van der Waals surface area contributed by atoms with Gasteiger partial charge in [0, 0.05) is 19.6 Å². The second kappa shape index (κ2) is 5.57. The smallest absolute Gasteiger partial charge is 0.138 e. The molecule has 0 spiro atoms. The largest absolute Gasteiger partial charge is 0.377 e. The Kier molecular flexibility index (Phi) is 4.62. The Bertz CT molecular complexity index is 347. The highest BCUT2D eigenvalue weighted by molar-refractivity contribution is 4.96. The summed E-state index contributed by atoms with van der Waals surface area (Å²) in [6.45, 7) is 8.14. The molecule has 0 radical (unpaired) electrons. The molecule has 1 atom stereocenters. The average Bonchev–Trinajstić information content (AvgIpc) is 2.73. The van der Waals surface area contributed by atoms with Crippen LogP contribution in [-0.4, -0.2) is 33.5 Å². The molecule has 0 bridgehead atoms. The number of nitrogens with zero attached hydrogens (tertiary/aromatic N) is 3. The van der Waals surface area contributed by atoms with Gasteiger partial charge in [-0.3, -0.25) is 11.3 Å². The van der Waals surface area contributed by atoms with E-state index in [2.05, 4.69) is 29.4 Å². The van der Waals surface area contributed by atoms with Crippen molar-refractivity contribution in [2.45, 2.75) is 51.8 Å². The van der Waals surface area contributed by atoms with Crippen molar-refractivity contribution in [3.8, 4) is 0 Å². The van der Waals surface area contributed by atoms with E-state index in [1.165, 1.54) is 0 Å². The van der Waals surface area contributed by atoms with Crippen LogP contribution in [0.25, 0.3) is 0 Å². The SMILES string of the molecule is COC(C)(C)C(Cc1ncnn1C(C)C)NN. The molecule has 0 aliphatic heterocycles. The molecular weight excluding hydrogens is 218 g/mol. The summed E-state index contributed by atoms with van der Waals surface area (Å²) < 4.78 is 7.34. The summed E-state index contributed by atoms with van der Waals surface area (Å²) in [4.78, 5) is 4.27. The van der Waals surface area contributed by atoms with Crippen LogP contribution in [0.3, 0.4) is 0 Å². The summed E-state index contributed by atoms with van der Waals surface area (Å²) >= 11 is 0. The highest BCUT2D eigenvalue weighted by Gasteiger charge is 2.30. The lowest BCUT2D eigenvalue weighted by Crippen LogP contribution is -2.52. The van der Waals surface area contributed by atoms with E-state index in [9.17, 15) is 0 Å². The Hall–Kier alpha value is -0.980. The van der Waals surface area contributed by atoms with Crippen molar-refractivity contribution in [3.05, 3.63) is 12.2 Å². The van der Waals surface area contributed by atoms with Crippen LogP contribution in [0, 0.1) is 0 Å². The zero-order valence-corrected chi connectivity index (χ0v) is 11.3. The topological polar surface area (TPSA) is 78.0 Å². The van der Waals surface area contributed by atoms with E-state index in [1.807, 2.05) is 18.5 Å². The van der Waals surface area contributed by atoms with Gasteiger partial charge in [-0.25, -0.2) is 9.67 Å². The fourth-order valence-electron chi connectivity index (χ4n) is 1.68. The third kappa shape index (κ3) is 3.24. The number of rotatable bonds is 6. The van der Waals surface area contributed by atoms with Crippen molar-refractivity contribution in [1.82, 2.24) is 20.2 Å². The van der Waals surface area contributed by atoms with Crippen LogP contribution in [-0.2, 0) is 11.2 Å². The summed E-state index contributed by atoms with van der Waals surface area (Å²) in [6, 6.07) is 0.269. The number of ether oxygens (including phenoxy) is 1. The third-order valence-electron chi connectivity index (χ3n) is 3.09. The number of aromatic nitrogens is 3. The molecule has 17 heavy (non-hydrogen) atoms. The van der Waals surface area contributed by atoms with E-state index in [0.717, 1.165) is 5.82 Å². The first-order chi connectivity index (χ1) is 7.92. The number of nitrogens with one attached hydrogen (secondary N) is 1. The number of methoxy groups -OCH3 is 1. The van der Waals surface area contributed by atoms with Crippen LogP contribution in [0.1, 0.15) is 39.6 Å². The average molecular weight is 241 g/mol. The van der Waals surface area contributed by atoms with Gasteiger partial charge in [-0.1, -0.05) is 0 Å². The number of nitrogens with two attached hydrogens (primary N) is 1. The second-order valence-electron chi connectivity index (χ2n) is 4.95.